The van der Waals surface area contributed by atoms with E-state index in [0.717, 1.165) is 7.05 Å². The van der Waals surface area contributed by atoms with Gasteiger partial charge in [0.2, 0.25) is 6.29 Å². The van der Waals surface area contributed by atoms with E-state index in [1.165, 1.54) is 0 Å². The molecule has 1 aliphatic heterocycles. The molecule has 2 unspecified atom stereocenters. The van der Waals surface area contributed by atoms with Gasteiger partial charge in [0.05, 0.1) is 5.59 Å². The van der Waals surface area contributed by atoms with Crippen LogP contribution in [0.4, 0.5) is 13.2 Å². The lowest BCUT2D eigenvalue weighted by molar-refractivity contribution is -0.499. The van der Waals surface area contributed by atoms with Crippen LogP contribution < -0.4 is 10.7 Å². The van der Waals surface area contributed by atoms with E-state index in [9.17, 15) is 18.3 Å². The fourth-order valence-electron chi connectivity index (χ4n) is 0.813. The van der Waals surface area contributed by atoms with Crippen molar-refractivity contribution in [1.82, 2.24) is 10.6 Å². The maximum Gasteiger partial charge on any atom is 0.412 e. The van der Waals surface area contributed by atoms with Gasteiger partial charge in [-0.25, -0.2) is 0 Å². The topological polar surface area (TPSA) is 49.6 Å². The van der Waals surface area contributed by atoms with Gasteiger partial charge in [-0.1, -0.05) is 0 Å². The van der Waals surface area contributed by atoms with Crippen molar-refractivity contribution in [2.45, 2.75) is 18.5 Å². The molecule has 0 aliphatic carbocycles. The van der Waals surface area contributed by atoms with Crippen LogP contribution in [0.3, 0.4) is 0 Å². The van der Waals surface area contributed by atoms with E-state index in [0.29, 0.717) is 5.01 Å². The molecule has 1 N–H and O–H groups in total. The predicted octanol–water partition coefficient (Wildman–Crippen LogP) is -1.01. The van der Waals surface area contributed by atoms with Crippen molar-refractivity contribution < 1.29 is 23.1 Å². The van der Waals surface area contributed by atoms with Gasteiger partial charge in [0, 0.05) is 7.05 Å². The summed E-state index contributed by atoms with van der Waals surface area (Å²) in [7, 11) is 1.09. The van der Waals surface area contributed by atoms with Crippen molar-refractivity contribution in [2.75, 3.05) is 7.05 Å². The Morgan fingerprint density at radius 2 is 2.09 bits per heavy atom. The number of hydrogen-bond acceptors (Lipinski definition) is 4. The van der Waals surface area contributed by atoms with Crippen molar-refractivity contribution in [3.05, 3.63) is 0 Å². The Bertz CT molecular complexity index is 141. The first-order valence-corrected chi connectivity index (χ1v) is 2.79. The summed E-state index contributed by atoms with van der Waals surface area (Å²) in [4.78, 5) is 4.00. The summed E-state index contributed by atoms with van der Waals surface area (Å²) in [5, 5.41) is 11.1. The molecule has 2 atom stereocenters. The number of hydrogen-bond donors (Lipinski definition) is 1. The van der Waals surface area contributed by atoms with Crippen molar-refractivity contribution in [1.29, 1.82) is 0 Å². The Labute approximate surface area is 60.5 Å². The van der Waals surface area contributed by atoms with E-state index >= 15 is 0 Å². The average molecular weight is 171 g/mol. The van der Waals surface area contributed by atoms with Crippen LogP contribution in [0.25, 0.3) is 0 Å². The van der Waals surface area contributed by atoms with Crippen LogP contribution in [0.1, 0.15) is 0 Å². The maximum absolute atomic E-state index is 11.9. The maximum atomic E-state index is 11.9. The van der Waals surface area contributed by atoms with E-state index in [-0.39, 0.29) is 0 Å². The summed E-state index contributed by atoms with van der Waals surface area (Å²) in [5.41, 5.74) is 1.83. The molecule has 1 heterocycles. The molecule has 1 rings (SSSR count). The van der Waals surface area contributed by atoms with Crippen LogP contribution in [0.15, 0.2) is 0 Å². The van der Waals surface area contributed by atoms with Crippen LogP contribution in [-0.4, -0.2) is 30.6 Å². The Morgan fingerprint density at radius 3 is 2.27 bits per heavy atom. The first-order chi connectivity index (χ1) is 4.93. The Morgan fingerprint density at radius 1 is 1.55 bits per heavy atom. The minimum atomic E-state index is -4.55. The van der Waals surface area contributed by atoms with E-state index in [2.05, 4.69) is 4.84 Å². The molecule has 4 nitrogen and oxygen atoms in total. The van der Waals surface area contributed by atoms with Gasteiger partial charge in [-0.05, 0) is 4.84 Å². The number of halogens is 3. The molecule has 0 amide bonds. The minimum absolute atomic E-state index is 0.595. The number of likely N-dealkylation sites (N-methyl/N-ethyl adjacent to an activating group) is 1. The van der Waals surface area contributed by atoms with Gasteiger partial charge >= 0.3 is 6.18 Å². The number of alkyl halides is 3. The number of nitrogens with one attached hydrogen (secondary N) is 1. The van der Waals surface area contributed by atoms with Crippen molar-refractivity contribution >= 4 is 0 Å². The third-order valence-electron chi connectivity index (χ3n) is 1.32. The minimum Gasteiger partial charge on any atom is -0.779 e. The summed E-state index contributed by atoms with van der Waals surface area (Å²) >= 11 is 0. The first-order valence-electron chi connectivity index (χ1n) is 2.79. The molecule has 1 fully saturated rings. The molecule has 0 aromatic rings. The molecule has 7 heteroatoms. The standard InChI is InChI=1S/C4H6F3N2O2/c1-9-2(4(5,6)7)3(10)11-8-9/h2-3,8H,1H3. The van der Waals surface area contributed by atoms with Crippen LogP contribution in [0.2, 0.25) is 0 Å². The van der Waals surface area contributed by atoms with Crippen molar-refractivity contribution in [3.8, 4) is 0 Å². The van der Waals surface area contributed by atoms with Crippen molar-refractivity contribution in [2.24, 2.45) is 0 Å². The molecule has 1 aliphatic rings. The lowest BCUT2D eigenvalue weighted by Crippen LogP contribution is -2.51. The zero-order valence-corrected chi connectivity index (χ0v) is 5.55. The van der Waals surface area contributed by atoms with E-state index in [4.69, 9.17) is 0 Å². The summed E-state index contributed by atoms with van der Waals surface area (Å²) < 4.78 is 35.7. The average Bonchev–Trinajstić information content (AvgIpc) is 2.08. The van der Waals surface area contributed by atoms with Gasteiger partial charge in [0.1, 0.15) is 0 Å². The second-order valence-corrected chi connectivity index (χ2v) is 2.17. The Balaban J connectivity index is 2.69. The Hall–Kier alpha value is -0.370. The lowest BCUT2D eigenvalue weighted by Gasteiger charge is -2.19. The quantitative estimate of drug-likeness (QED) is 0.474. The summed E-state index contributed by atoms with van der Waals surface area (Å²) in [6.45, 7) is 0. The van der Waals surface area contributed by atoms with Crippen LogP contribution in [0, 0.1) is 0 Å². The number of nitrogens with zero attached hydrogens (tertiary/aromatic N) is 1. The highest BCUT2D eigenvalue weighted by Crippen LogP contribution is 2.27. The summed E-state index contributed by atoms with van der Waals surface area (Å²) in [6.07, 6.45) is -6.66. The molecule has 65 valence electrons. The van der Waals surface area contributed by atoms with E-state index < -0.39 is 18.5 Å². The predicted molar refractivity (Wildman–Crippen MR) is 25.6 cm³/mol. The Kier molecular flexibility index (Phi) is 2.06. The van der Waals surface area contributed by atoms with Gasteiger partial charge in [-0.15, -0.1) is 0 Å². The van der Waals surface area contributed by atoms with Crippen molar-refractivity contribution in [3.63, 3.8) is 0 Å². The lowest BCUT2D eigenvalue weighted by atomic mass is 10.3. The van der Waals surface area contributed by atoms with E-state index in [1.54, 1.807) is 0 Å². The molecule has 0 bridgehead atoms. The molecular weight excluding hydrogens is 165 g/mol. The highest BCUT2D eigenvalue weighted by atomic mass is 19.4. The highest BCUT2D eigenvalue weighted by Gasteiger charge is 2.54. The van der Waals surface area contributed by atoms with Crippen LogP contribution in [-0.2, 0) is 4.84 Å². The second-order valence-electron chi connectivity index (χ2n) is 2.17. The molecule has 11 heavy (non-hydrogen) atoms. The van der Waals surface area contributed by atoms with Gasteiger partial charge in [0.15, 0.2) is 6.04 Å². The van der Waals surface area contributed by atoms with Crippen LogP contribution in [0.5, 0.6) is 0 Å². The molecule has 0 saturated carbocycles. The largest absolute Gasteiger partial charge is 0.779 e. The normalized spacial score (nSPS) is 34.6. The summed E-state index contributed by atoms with van der Waals surface area (Å²) in [6, 6.07) is -2.11. The monoisotopic (exact) mass is 171 g/mol. The fraction of sp³-hybridized carbons (Fsp3) is 1.00. The molecule has 1 saturated heterocycles. The first kappa shape index (κ1) is 8.72. The van der Waals surface area contributed by atoms with Gasteiger partial charge in [-0.2, -0.15) is 18.2 Å². The third-order valence-corrected chi connectivity index (χ3v) is 1.32. The summed E-state index contributed by atoms with van der Waals surface area (Å²) in [5.74, 6) is 0. The fourth-order valence-corrected chi connectivity index (χ4v) is 0.813. The van der Waals surface area contributed by atoms with E-state index in [1.807, 2.05) is 5.59 Å². The smallest absolute Gasteiger partial charge is 0.412 e. The zero-order chi connectivity index (χ0) is 8.65. The van der Waals surface area contributed by atoms with Gasteiger partial charge < -0.3 is 5.11 Å². The molecule has 0 aromatic heterocycles. The van der Waals surface area contributed by atoms with Crippen LogP contribution >= 0.6 is 0 Å². The third kappa shape index (κ3) is 1.62. The molecule has 0 spiro atoms. The SMILES string of the molecule is CN1N[O+]C([O-])C1C(F)(F)F. The molecule has 0 aromatic carbocycles. The van der Waals surface area contributed by atoms with Gasteiger partial charge in [0.25, 0.3) is 0 Å². The van der Waals surface area contributed by atoms with Gasteiger partial charge in [-0.3, -0.25) is 0 Å². The number of rotatable bonds is 0. The second kappa shape index (κ2) is 2.59. The number of hydrazine groups is 1. The molecular formula is C4H6F3N2O2. The molecule has 1 radical (unpaired) electrons. The highest BCUT2D eigenvalue weighted by molar-refractivity contribution is 4.78. The zero-order valence-electron chi connectivity index (χ0n) is 5.55.